The fourth-order valence-corrected chi connectivity index (χ4v) is 4.15. The number of aryl methyl sites for hydroxylation is 2. The topological polar surface area (TPSA) is 41.4 Å². The number of rotatable bonds is 4. The lowest BCUT2D eigenvalue weighted by Gasteiger charge is -2.36. The lowest BCUT2D eigenvalue weighted by molar-refractivity contribution is 0.0630. The molecular formula is C23H28N4O. The second-order valence-electron chi connectivity index (χ2n) is 7.86. The maximum Gasteiger partial charge on any atom is 0.274 e. The maximum atomic E-state index is 12.8. The number of amides is 1. The van der Waals surface area contributed by atoms with Gasteiger partial charge in [0.2, 0.25) is 0 Å². The van der Waals surface area contributed by atoms with Crippen molar-refractivity contribution in [2.24, 2.45) is 7.05 Å². The lowest BCUT2D eigenvalue weighted by atomic mass is 10.0. The number of hydrogen-bond acceptors (Lipinski definition) is 3. The molecule has 1 fully saturated rings. The number of fused-ring (bicyclic) bond motifs is 1. The summed E-state index contributed by atoms with van der Waals surface area (Å²) >= 11 is 0. The summed E-state index contributed by atoms with van der Waals surface area (Å²) < 4.78 is 1.76. The molecule has 0 spiro atoms. The Balaban J connectivity index is 1.38. The van der Waals surface area contributed by atoms with Crippen LogP contribution in [0.3, 0.4) is 0 Å². The van der Waals surface area contributed by atoms with Gasteiger partial charge in [-0.15, -0.1) is 0 Å². The van der Waals surface area contributed by atoms with Crippen LogP contribution in [0, 0.1) is 6.92 Å². The van der Waals surface area contributed by atoms with Crippen LogP contribution in [0.25, 0.3) is 10.8 Å². The van der Waals surface area contributed by atoms with E-state index in [-0.39, 0.29) is 11.9 Å². The molecule has 5 heteroatoms. The first-order valence-corrected chi connectivity index (χ1v) is 10.00. The first kappa shape index (κ1) is 18.7. The summed E-state index contributed by atoms with van der Waals surface area (Å²) in [5.74, 6) is 0.0243. The minimum absolute atomic E-state index is 0.0243. The molecule has 2 heterocycles. The fourth-order valence-electron chi connectivity index (χ4n) is 4.15. The third-order valence-corrected chi connectivity index (χ3v) is 6.03. The number of aromatic nitrogens is 2. The number of carbonyl (C=O) groups is 1. The van der Waals surface area contributed by atoms with Crippen molar-refractivity contribution >= 4 is 16.7 Å². The summed E-state index contributed by atoms with van der Waals surface area (Å²) in [5, 5.41) is 6.98. The van der Waals surface area contributed by atoms with Crippen LogP contribution in [0.15, 0.2) is 48.5 Å². The normalized spacial score (nSPS) is 15.8. The number of piperidine rings is 1. The molecular weight excluding hydrogens is 348 g/mol. The van der Waals surface area contributed by atoms with Gasteiger partial charge < -0.3 is 4.90 Å². The maximum absolute atomic E-state index is 12.8. The monoisotopic (exact) mass is 376 g/mol. The van der Waals surface area contributed by atoms with Gasteiger partial charge in [-0.2, -0.15) is 5.10 Å². The predicted molar refractivity (Wildman–Crippen MR) is 112 cm³/mol. The zero-order valence-corrected chi connectivity index (χ0v) is 16.9. The van der Waals surface area contributed by atoms with E-state index in [1.807, 2.05) is 32.0 Å². The standard InChI is InChI=1S/C23H28N4O/c1-17-15-22(24-26(17)3)23(28)25(2)20-11-13-27(14-12-20)16-19-9-6-8-18-7-4-5-10-21(18)19/h4-10,15,20H,11-14,16H2,1-3H3. The van der Waals surface area contributed by atoms with Crippen molar-refractivity contribution in [3.05, 3.63) is 65.5 Å². The van der Waals surface area contributed by atoms with Gasteiger partial charge in [0.25, 0.3) is 5.91 Å². The Labute approximate surface area is 166 Å². The summed E-state index contributed by atoms with van der Waals surface area (Å²) in [6.07, 6.45) is 2.00. The fraction of sp³-hybridized carbons (Fsp3) is 0.391. The third kappa shape index (κ3) is 3.67. The number of hydrogen-bond donors (Lipinski definition) is 0. The molecule has 0 saturated carbocycles. The molecule has 5 nitrogen and oxygen atoms in total. The summed E-state index contributed by atoms with van der Waals surface area (Å²) in [4.78, 5) is 17.2. The first-order valence-electron chi connectivity index (χ1n) is 10.00. The van der Waals surface area contributed by atoms with Crippen molar-refractivity contribution in [3.8, 4) is 0 Å². The quantitative estimate of drug-likeness (QED) is 0.698. The Morgan fingerprint density at radius 1 is 1.14 bits per heavy atom. The molecule has 2 aromatic carbocycles. The van der Waals surface area contributed by atoms with Gasteiger partial charge in [0.1, 0.15) is 0 Å². The van der Waals surface area contributed by atoms with Crippen LogP contribution in [-0.4, -0.2) is 51.7 Å². The molecule has 1 aliphatic rings. The Hall–Kier alpha value is -2.66. The number of carbonyl (C=O) groups excluding carboxylic acids is 1. The van der Waals surface area contributed by atoms with Gasteiger partial charge in [-0.05, 0) is 42.2 Å². The van der Waals surface area contributed by atoms with Crippen LogP contribution in [0.5, 0.6) is 0 Å². The molecule has 0 atom stereocenters. The molecule has 4 rings (SSSR count). The van der Waals surface area contributed by atoms with E-state index in [0.717, 1.165) is 38.2 Å². The highest BCUT2D eigenvalue weighted by Crippen LogP contribution is 2.23. The lowest BCUT2D eigenvalue weighted by Crippen LogP contribution is -2.45. The van der Waals surface area contributed by atoms with Gasteiger partial charge >= 0.3 is 0 Å². The number of likely N-dealkylation sites (tertiary alicyclic amines) is 1. The van der Waals surface area contributed by atoms with E-state index >= 15 is 0 Å². The van der Waals surface area contributed by atoms with E-state index in [2.05, 4.69) is 52.5 Å². The zero-order valence-electron chi connectivity index (χ0n) is 16.9. The Kier molecular flexibility index (Phi) is 5.18. The molecule has 1 amide bonds. The predicted octanol–water partition coefficient (Wildman–Crippen LogP) is 3.62. The van der Waals surface area contributed by atoms with E-state index < -0.39 is 0 Å². The summed E-state index contributed by atoms with van der Waals surface area (Å²) in [6.45, 7) is 4.94. The average Bonchev–Trinajstić information content (AvgIpc) is 3.06. The highest BCUT2D eigenvalue weighted by molar-refractivity contribution is 5.92. The smallest absolute Gasteiger partial charge is 0.274 e. The molecule has 3 aromatic rings. The van der Waals surface area contributed by atoms with E-state index in [1.165, 1.54) is 16.3 Å². The van der Waals surface area contributed by atoms with Gasteiger partial charge in [0, 0.05) is 45.5 Å². The first-order chi connectivity index (χ1) is 13.5. The van der Waals surface area contributed by atoms with Gasteiger partial charge in [-0.1, -0.05) is 42.5 Å². The number of nitrogens with zero attached hydrogens (tertiary/aromatic N) is 4. The van der Waals surface area contributed by atoms with Gasteiger partial charge in [0.15, 0.2) is 5.69 Å². The molecule has 146 valence electrons. The highest BCUT2D eigenvalue weighted by atomic mass is 16.2. The van der Waals surface area contributed by atoms with Crippen LogP contribution in [0.1, 0.15) is 34.6 Å². The summed E-state index contributed by atoms with van der Waals surface area (Å²) in [5.41, 5.74) is 2.92. The van der Waals surface area contributed by atoms with Crippen LogP contribution >= 0.6 is 0 Å². The molecule has 0 radical (unpaired) electrons. The summed E-state index contributed by atoms with van der Waals surface area (Å²) in [7, 11) is 3.79. The molecule has 0 bridgehead atoms. The molecule has 1 saturated heterocycles. The molecule has 0 aliphatic carbocycles. The van der Waals surface area contributed by atoms with Crippen molar-refractivity contribution < 1.29 is 4.79 Å². The van der Waals surface area contributed by atoms with Crippen molar-refractivity contribution in [1.82, 2.24) is 19.6 Å². The minimum Gasteiger partial charge on any atom is -0.337 e. The van der Waals surface area contributed by atoms with E-state index in [9.17, 15) is 4.79 Å². The Morgan fingerprint density at radius 3 is 2.57 bits per heavy atom. The largest absolute Gasteiger partial charge is 0.337 e. The van der Waals surface area contributed by atoms with Crippen LogP contribution in [0.2, 0.25) is 0 Å². The van der Waals surface area contributed by atoms with Crippen LogP contribution in [0.4, 0.5) is 0 Å². The zero-order chi connectivity index (χ0) is 19.7. The molecule has 1 aliphatic heterocycles. The van der Waals surface area contributed by atoms with E-state index in [1.54, 1.807) is 4.68 Å². The average molecular weight is 377 g/mol. The Morgan fingerprint density at radius 2 is 1.86 bits per heavy atom. The second kappa shape index (κ2) is 7.76. The van der Waals surface area contributed by atoms with E-state index in [0.29, 0.717) is 5.69 Å². The second-order valence-corrected chi connectivity index (χ2v) is 7.86. The van der Waals surface area contributed by atoms with Crippen molar-refractivity contribution in [2.75, 3.05) is 20.1 Å². The van der Waals surface area contributed by atoms with Crippen molar-refractivity contribution in [3.63, 3.8) is 0 Å². The Bertz CT molecular complexity index is 960. The van der Waals surface area contributed by atoms with E-state index in [4.69, 9.17) is 0 Å². The molecule has 1 aromatic heterocycles. The van der Waals surface area contributed by atoms with Crippen LogP contribution in [-0.2, 0) is 13.6 Å². The summed E-state index contributed by atoms with van der Waals surface area (Å²) in [6, 6.07) is 17.3. The van der Waals surface area contributed by atoms with Gasteiger partial charge in [0.05, 0.1) is 0 Å². The number of benzene rings is 2. The van der Waals surface area contributed by atoms with Gasteiger partial charge in [-0.25, -0.2) is 0 Å². The third-order valence-electron chi connectivity index (χ3n) is 6.03. The molecule has 28 heavy (non-hydrogen) atoms. The van der Waals surface area contributed by atoms with Crippen LogP contribution < -0.4 is 0 Å². The SMILES string of the molecule is Cc1cc(C(=O)N(C)C2CCN(Cc3cccc4ccccc34)CC2)nn1C. The molecule has 0 N–H and O–H groups in total. The highest BCUT2D eigenvalue weighted by Gasteiger charge is 2.27. The van der Waals surface area contributed by atoms with Crippen molar-refractivity contribution in [2.45, 2.75) is 32.4 Å². The van der Waals surface area contributed by atoms with Gasteiger partial charge in [-0.3, -0.25) is 14.4 Å². The van der Waals surface area contributed by atoms with Crippen molar-refractivity contribution in [1.29, 1.82) is 0 Å². The molecule has 0 unspecified atom stereocenters. The minimum atomic E-state index is 0.0243.